The van der Waals surface area contributed by atoms with Gasteiger partial charge in [-0.15, -0.1) is 0 Å². The van der Waals surface area contributed by atoms with E-state index in [2.05, 4.69) is 9.01 Å². The Morgan fingerprint density at radius 2 is 2.00 bits per heavy atom. The molecule has 0 aliphatic rings. The second kappa shape index (κ2) is 5.29. The Morgan fingerprint density at radius 1 is 1.38 bits per heavy atom. The molecule has 0 bridgehead atoms. The Kier molecular flexibility index (Phi) is 4.52. The van der Waals surface area contributed by atoms with Crippen molar-refractivity contribution in [2.45, 2.75) is 11.8 Å². The van der Waals surface area contributed by atoms with Crippen molar-refractivity contribution in [1.82, 2.24) is 0 Å². The highest BCUT2D eigenvalue weighted by Crippen LogP contribution is 2.28. The number of hydrogen-bond acceptors (Lipinski definition) is 5. The average molecular weight is 285 g/mol. The van der Waals surface area contributed by atoms with E-state index in [0.717, 1.165) is 0 Å². The van der Waals surface area contributed by atoms with Gasteiger partial charge >= 0.3 is 10.1 Å². The summed E-state index contributed by atoms with van der Waals surface area (Å²) in [5.74, 6) is 0. The number of aryl methyl sites for hydroxylation is 1. The minimum absolute atomic E-state index is 0.0272. The second-order valence-corrected chi connectivity index (χ2v) is 5.99. The topological polar surface area (TPSA) is 69.7 Å². The first-order chi connectivity index (χ1) is 7.34. The molecule has 90 valence electrons. The summed E-state index contributed by atoms with van der Waals surface area (Å²) in [4.78, 5) is -0.181. The van der Waals surface area contributed by atoms with Gasteiger partial charge in [0.05, 0.1) is 5.02 Å². The maximum atomic E-state index is 11.6. The maximum absolute atomic E-state index is 11.6. The normalized spacial score (nSPS) is 13.7. The molecule has 1 unspecified atom stereocenters. The average Bonchev–Trinajstić information content (AvgIpc) is 2.14. The molecule has 0 aliphatic heterocycles. The highest BCUT2D eigenvalue weighted by atomic mass is 35.5. The van der Waals surface area contributed by atoms with Crippen molar-refractivity contribution in [2.24, 2.45) is 0 Å². The number of halogens is 1. The monoisotopic (exact) mass is 284 g/mol. The van der Waals surface area contributed by atoms with Gasteiger partial charge in [-0.05, 0) is 18.6 Å². The first-order valence-corrected chi connectivity index (χ1v) is 7.81. The number of rotatable bonds is 4. The summed E-state index contributed by atoms with van der Waals surface area (Å²) in [5, 5.41) is 0.0272. The second-order valence-electron chi connectivity index (χ2n) is 2.98. The molecule has 8 heteroatoms. The van der Waals surface area contributed by atoms with Crippen LogP contribution in [0.4, 0.5) is 0 Å². The Morgan fingerprint density at radius 3 is 2.50 bits per heavy atom. The van der Waals surface area contributed by atoms with Crippen LogP contribution in [-0.4, -0.2) is 15.1 Å². The zero-order valence-electron chi connectivity index (χ0n) is 8.56. The summed E-state index contributed by atoms with van der Waals surface area (Å²) in [6.45, 7) is 2.77. The van der Waals surface area contributed by atoms with Gasteiger partial charge in [0.25, 0.3) is 0 Å². The number of benzene rings is 1. The van der Waals surface area contributed by atoms with Gasteiger partial charge in [-0.25, -0.2) is 0 Å². The molecule has 0 saturated carbocycles. The fourth-order valence-electron chi connectivity index (χ4n) is 1.06. The lowest BCUT2D eigenvalue weighted by Crippen LogP contribution is -2.07. The molecule has 1 atom stereocenters. The van der Waals surface area contributed by atoms with Crippen molar-refractivity contribution in [2.75, 3.05) is 6.66 Å². The van der Waals surface area contributed by atoms with Gasteiger partial charge in [0.1, 0.15) is 4.90 Å². The fourth-order valence-corrected chi connectivity index (χ4v) is 3.14. The van der Waals surface area contributed by atoms with E-state index in [-0.39, 0.29) is 9.92 Å². The van der Waals surface area contributed by atoms with Gasteiger partial charge in [-0.1, -0.05) is 28.1 Å². The van der Waals surface area contributed by atoms with Crippen LogP contribution in [0.3, 0.4) is 0 Å². The van der Waals surface area contributed by atoms with E-state index in [9.17, 15) is 13.0 Å². The van der Waals surface area contributed by atoms with Crippen molar-refractivity contribution in [3.63, 3.8) is 0 Å². The summed E-state index contributed by atoms with van der Waals surface area (Å²) in [5.41, 5.74) is 0.423. The summed E-state index contributed by atoms with van der Waals surface area (Å²) < 4.78 is 42.2. The minimum Gasteiger partial charge on any atom is -0.294 e. The van der Waals surface area contributed by atoms with Crippen molar-refractivity contribution in [1.29, 1.82) is 0 Å². The third kappa shape index (κ3) is 3.30. The van der Waals surface area contributed by atoms with Gasteiger partial charge in [0.15, 0.2) is 0 Å². The summed E-state index contributed by atoms with van der Waals surface area (Å²) in [6, 6.07) is 4.59. The van der Waals surface area contributed by atoms with E-state index in [1.165, 1.54) is 12.7 Å². The van der Waals surface area contributed by atoms with Crippen LogP contribution in [0.25, 0.3) is 0 Å². The highest BCUT2D eigenvalue weighted by Gasteiger charge is 2.23. The molecule has 0 amide bonds. The molecule has 0 radical (unpaired) electrons. The standard InChI is InChI=1S/C8H10ClO5PS/c1-6-4-3-5-7(9)8(6)16(11,12)14-13-15(2)10/h3-5,15H,1-2H3. The maximum Gasteiger partial charge on any atom is 0.325 e. The lowest BCUT2D eigenvalue weighted by molar-refractivity contribution is -0.0833. The van der Waals surface area contributed by atoms with Gasteiger partial charge in [-0.3, -0.25) is 4.57 Å². The molecule has 5 nitrogen and oxygen atoms in total. The molecule has 1 aromatic rings. The molecule has 0 saturated heterocycles. The van der Waals surface area contributed by atoms with E-state index in [0.29, 0.717) is 5.56 Å². The van der Waals surface area contributed by atoms with E-state index in [1.807, 2.05) is 0 Å². The van der Waals surface area contributed by atoms with Crippen LogP contribution in [0, 0.1) is 6.92 Å². The first-order valence-electron chi connectivity index (χ1n) is 4.21. The lowest BCUT2D eigenvalue weighted by Gasteiger charge is -2.07. The van der Waals surface area contributed by atoms with Crippen LogP contribution >= 0.6 is 19.6 Å². The molecule has 1 rings (SSSR count). The van der Waals surface area contributed by atoms with Crippen LogP contribution in [0.2, 0.25) is 5.02 Å². The molecule has 16 heavy (non-hydrogen) atoms. The number of hydrogen-bond donors (Lipinski definition) is 0. The quantitative estimate of drug-likeness (QED) is 0.482. The van der Waals surface area contributed by atoms with Crippen molar-refractivity contribution in [3.05, 3.63) is 28.8 Å². The van der Waals surface area contributed by atoms with E-state index < -0.39 is 18.1 Å². The fraction of sp³-hybridized carbons (Fsp3) is 0.250. The Labute approximate surface area is 99.2 Å². The highest BCUT2D eigenvalue weighted by molar-refractivity contribution is 7.87. The van der Waals surface area contributed by atoms with E-state index >= 15 is 0 Å². The third-order valence-corrected chi connectivity index (χ3v) is 3.81. The smallest absolute Gasteiger partial charge is 0.294 e. The molecular weight excluding hydrogens is 275 g/mol. The molecule has 0 aromatic heterocycles. The summed E-state index contributed by atoms with van der Waals surface area (Å²) >= 11 is 5.74. The largest absolute Gasteiger partial charge is 0.325 e. The van der Waals surface area contributed by atoms with Crippen LogP contribution in [-0.2, 0) is 23.7 Å². The van der Waals surface area contributed by atoms with Crippen LogP contribution in [0.5, 0.6) is 0 Å². The van der Waals surface area contributed by atoms with Gasteiger partial charge < -0.3 is 0 Å². The summed E-state index contributed by atoms with van der Waals surface area (Å²) in [7, 11) is -6.64. The molecule has 0 N–H and O–H groups in total. The summed E-state index contributed by atoms with van der Waals surface area (Å²) in [6.07, 6.45) is 0. The Bertz CT molecular complexity index is 493. The predicted octanol–water partition coefficient (Wildman–Crippen LogP) is 2.39. The van der Waals surface area contributed by atoms with Crippen molar-refractivity contribution < 1.29 is 22.0 Å². The van der Waals surface area contributed by atoms with Gasteiger partial charge in [0, 0.05) is 6.66 Å². The predicted molar refractivity (Wildman–Crippen MR) is 60.5 cm³/mol. The molecule has 0 fully saturated rings. The molecular formula is C8H10ClO5PS. The van der Waals surface area contributed by atoms with Crippen LogP contribution in [0.1, 0.15) is 5.56 Å². The van der Waals surface area contributed by atoms with Crippen LogP contribution < -0.4 is 0 Å². The lowest BCUT2D eigenvalue weighted by atomic mass is 10.2. The van der Waals surface area contributed by atoms with E-state index in [1.54, 1.807) is 19.1 Å². The van der Waals surface area contributed by atoms with Gasteiger partial charge in [0.2, 0.25) is 8.03 Å². The zero-order chi connectivity index (χ0) is 12.3. The van der Waals surface area contributed by atoms with E-state index in [4.69, 9.17) is 11.6 Å². The zero-order valence-corrected chi connectivity index (χ0v) is 11.1. The Hall–Kier alpha value is -0.390. The third-order valence-electron chi connectivity index (χ3n) is 1.65. The van der Waals surface area contributed by atoms with Crippen molar-refractivity contribution in [3.8, 4) is 0 Å². The van der Waals surface area contributed by atoms with Crippen LogP contribution in [0.15, 0.2) is 23.1 Å². The molecule has 0 spiro atoms. The molecule has 1 aromatic carbocycles. The minimum atomic E-state index is -4.15. The molecule has 0 aliphatic carbocycles. The van der Waals surface area contributed by atoms with Gasteiger partial charge in [-0.2, -0.15) is 13.1 Å². The first kappa shape index (κ1) is 13.7. The Balaban J connectivity index is 3.12. The van der Waals surface area contributed by atoms with Crippen molar-refractivity contribution >= 4 is 29.7 Å². The molecule has 0 heterocycles. The SMILES string of the molecule is Cc1cccc(Cl)c1S(=O)(=O)OO[PH](C)=O.